The maximum atomic E-state index is 12.6. The van der Waals surface area contributed by atoms with Gasteiger partial charge in [-0.05, 0) is 48.9 Å². The average molecular weight is 458 g/mol. The number of rotatable bonds is 8. The number of amides is 1. The van der Waals surface area contributed by atoms with Crippen molar-refractivity contribution < 1.29 is 14.6 Å². The van der Waals surface area contributed by atoms with E-state index in [1.807, 2.05) is 42.5 Å². The van der Waals surface area contributed by atoms with Crippen LogP contribution >= 0.6 is 0 Å². The minimum Gasteiger partial charge on any atom is -0.507 e. The topological polar surface area (TPSA) is 103 Å². The van der Waals surface area contributed by atoms with Crippen molar-refractivity contribution in [3.8, 4) is 22.8 Å². The Morgan fingerprint density at radius 3 is 2.68 bits per heavy atom. The highest BCUT2D eigenvalue weighted by Gasteiger charge is 2.16. The summed E-state index contributed by atoms with van der Waals surface area (Å²) in [5.41, 5.74) is 5.55. The summed E-state index contributed by atoms with van der Waals surface area (Å²) in [5.74, 6) is 0.307. The van der Waals surface area contributed by atoms with Crippen LogP contribution in [0, 0.1) is 0 Å². The molecular weight excluding hydrogens is 430 g/mol. The lowest BCUT2D eigenvalue weighted by Gasteiger charge is -2.21. The fourth-order valence-corrected chi connectivity index (χ4v) is 3.90. The second-order valence-corrected chi connectivity index (χ2v) is 7.65. The number of hydrazone groups is 1. The van der Waals surface area contributed by atoms with Crippen LogP contribution in [0.3, 0.4) is 0 Å². The Morgan fingerprint density at radius 2 is 1.94 bits per heavy atom. The molecule has 0 bridgehead atoms. The molecule has 0 aliphatic rings. The highest BCUT2D eigenvalue weighted by Crippen LogP contribution is 2.36. The Labute approximate surface area is 197 Å². The fourth-order valence-electron chi connectivity index (χ4n) is 3.90. The quantitative estimate of drug-likeness (QED) is 0.266. The van der Waals surface area contributed by atoms with E-state index in [4.69, 9.17) is 4.74 Å². The number of nitrogens with one attached hydrogen (secondary N) is 2. The lowest BCUT2D eigenvalue weighted by Crippen LogP contribution is -2.21. The number of benzene rings is 3. The van der Waals surface area contributed by atoms with Gasteiger partial charge in [0, 0.05) is 30.4 Å². The molecule has 0 aliphatic heterocycles. The number of fused-ring (bicyclic) bond motifs is 1. The second kappa shape index (κ2) is 10.1. The summed E-state index contributed by atoms with van der Waals surface area (Å²) in [6, 6.07) is 18.8. The zero-order chi connectivity index (χ0) is 24.1. The van der Waals surface area contributed by atoms with Gasteiger partial charge in [0.05, 0.1) is 24.6 Å². The van der Waals surface area contributed by atoms with Crippen molar-refractivity contribution in [2.45, 2.75) is 13.8 Å². The van der Waals surface area contributed by atoms with Crippen LogP contribution in [0.4, 0.5) is 5.69 Å². The van der Waals surface area contributed by atoms with Crippen molar-refractivity contribution in [2.75, 3.05) is 25.1 Å². The number of aromatic amines is 1. The normalized spacial score (nSPS) is 11.1. The molecule has 1 amide bonds. The highest BCUT2D eigenvalue weighted by atomic mass is 16.5. The van der Waals surface area contributed by atoms with Crippen LogP contribution < -0.4 is 15.1 Å². The Morgan fingerprint density at radius 1 is 1.15 bits per heavy atom. The number of carbonyl (C=O) groups is 1. The number of hydrogen-bond acceptors (Lipinski definition) is 6. The molecule has 4 aromatic rings. The van der Waals surface area contributed by atoms with Gasteiger partial charge in [0.2, 0.25) is 0 Å². The van der Waals surface area contributed by atoms with E-state index in [-0.39, 0.29) is 11.4 Å². The van der Waals surface area contributed by atoms with Gasteiger partial charge < -0.3 is 14.7 Å². The summed E-state index contributed by atoms with van der Waals surface area (Å²) in [4.78, 5) is 14.7. The summed E-state index contributed by atoms with van der Waals surface area (Å²) >= 11 is 0. The number of aromatic nitrogens is 2. The van der Waals surface area contributed by atoms with Gasteiger partial charge in [-0.3, -0.25) is 9.89 Å². The van der Waals surface area contributed by atoms with Gasteiger partial charge in [-0.25, -0.2) is 5.43 Å². The number of hydrogen-bond donors (Lipinski definition) is 3. The Kier molecular flexibility index (Phi) is 6.77. The molecule has 34 heavy (non-hydrogen) atoms. The van der Waals surface area contributed by atoms with Crippen molar-refractivity contribution in [3.05, 3.63) is 71.9 Å². The van der Waals surface area contributed by atoms with E-state index in [0.717, 1.165) is 35.1 Å². The van der Waals surface area contributed by atoms with Gasteiger partial charge in [0.15, 0.2) is 0 Å². The minimum absolute atomic E-state index is 0.0919. The second-order valence-electron chi connectivity index (χ2n) is 7.65. The number of methoxy groups -OCH3 is 1. The number of phenols is 1. The number of phenolic OH excluding ortho intramolecular Hbond substituents is 1. The van der Waals surface area contributed by atoms with Crippen LogP contribution in [0.2, 0.25) is 0 Å². The molecule has 0 fully saturated rings. The molecule has 0 spiro atoms. The van der Waals surface area contributed by atoms with Crippen molar-refractivity contribution in [1.29, 1.82) is 0 Å². The maximum absolute atomic E-state index is 12.6. The van der Waals surface area contributed by atoms with E-state index in [9.17, 15) is 9.90 Å². The van der Waals surface area contributed by atoms with E-state index in [2.05, 4.69) is 39.5 Å². The van der Waals surface area contributed by atoms with Crippen molar-refractivity contribution in [1.82, 2.24) is 15.6 Å². The van der Waals surface area contributed by atoms with E-state index in [1.165, 1.54) is 6.21 Å². The van der Waals surface area contributed by atoms with Gasteiger partial charge in [-0.1, -0.05) is 30.3 Å². The van der Waals surface area contributed by atoms with Crippen LogP contribution in [0.5, 0.6) is 11.5 Å². The predicted molar refractivity (Wildman–Crippen MR) is 135 cm³/mol. The first kappa shape index (κ1) is 22.8. The molecule has 3 aromatic carbocycles. The number of nitrogens with zero attached hydrogens (tertiary/aromatic N) is 3. The summed E-state index contributed by atoms with van der Waals surface area (Å²) < 4.78 is 5.54. The van der Waals surface area contributed by atoms with Gasteiger partial charge in [0.1, 0.15) is 17.2 Å². The molecular formula is C26H27N5O3. The van der Waals surface area contributed by atoms with Gasteiger partial charge >= 0.3 is 0 Å². The van der Waals surface area contributed by atoms with E-state index in [0.29, 0.717) is 17.0 Å². The third kappa shape index (κ3) is 4.56. The lowest BCUT2D eigenvalue weighted by molar-refractivity contribution is 0.0950. The molecule has 4 rings (SSSR count). The van der Waals surface area contributed by atoms with Crippen LogP contribution in [0.15, 0.2) is 65.8 Å². The summed E-state index contributed by atoms with van der Waals surface area (Å²) in [6.45, 7) is 5.80. The smallest absolute Gasteiger partial charge is 0.289 e. The summed E-state index contributed by atoms with van der Waals surface area (Å²) in [6.07, 6.45) is 1.41. The highest BCUT2D eigenvalue weighted by molar-refractivity contribution is 6.00. The van der Waals surface area contributed by atoms with Crippen LogP contribution in [0.25, 0.3) is 22.0 Å². The molecule has 0 radical (unpaired) electrons. The van der Waals surface area contributed by atoms with Crippen molar-refractivity contribution in [2.24, 2.45) is 5.10 Å². The number of aromatic hydroxyl groups is 1. The van der Waals surface area contributed by atoms with Crippen molar-refractivity contribution >= 4 is 28.6 Å². The fraction of sp³-hybridized carbons (Fsp3) is 0.192. The molecule has 8 heteroatoms. The van der Waals surface area contributed by atoms with Crippen LogP contribution in [0.1, 0.15) is 29.9 Å². The maximum Gasteiger partial charge on any atom is 0.289 e. The SMILES string of the molecule is CCN(CC)c1ccc(C=NNC(=O)c2cc(-c3c(OC)ccc4ccccc34)n[nH]2)c(O)c1. The first-order chi connectivity index (χ1) is 16.5. The molecule has 1 heterocycles. The van der Waals surface area contributed by atoms with E-state index < -0.39 is 5.91 Å². The van der Waals surface area contributed by atoms with Crippen LogP contribution in [-0.4, -0.2) is 47.6 Å². The molecule has 0 atom stereocenters. The van der Waals surface area contributed by atoms with E-state index >= 15 is 0 Å². The zero-order valence-electron chi connectivity index (χ0n) is 19.4. The summed E-state index contributed by atoms with van der Waals surface area (Å²) in [5, 5.41) is 23.4. The number of carbonyl (C=O) groups excluding carboxylic acids is 1. The minimum atomic E-state index is -0.451. The molecule has 3 N–H and O–H groups in total. The Hall–Kier alpha value is -4.33. The molecule has 1 aromatic heterocycles. The monoisotopic (exact) mass is 457 g/mol. The molecule has 0 saturated carbocycles. The first-order valence-electron chi connectivity index (χ1n) is 11.1. The lowest BCUT2D eigenvalue weighted by atomic mass is 10.0. The van der Waals surface area contributed by atoms with Gasteiger partial charge in [0.25, 0.3) is 5.91 Å². The molecule has 0 saturated heterocycles. The van der Waals surface area contributed by atoms with Gasteiger partial charge in [-0.2, -0.15) is 10.2 Å². The third-order valence-corrected chi connectivity index (χ3v) is 5.70. The number of H-pyrrole nitrogens is 1. The van der Waals surface area contributed by atoms with Crippen molar-refractivity contribution in [3.63, 3.8) is 0 Å². The number of ether oxygens (including phenoxy) is 1. The predicted octanol–water partition coefficient (Wildman–Crippen LogP) is 4.55. The van der Waals surface area contributed by atoms with Crippen LogP contribution in [-0.2, 0) is 0 Å². The first-order valence-corrected chi connectivity index (χ1v) is 11.1. The molecule has 0 unspecified atom stereocenters. The number of anilines is 1. The molecule has 8 nitrogen and oxygen atoms in total. The molecule has 174 valence electrons. The molecule has 0 aliphatic carbocycles. The zero-order valence-corrected chi connectivity index (χ0v) is 19.4. The van der Waals surface area contributed by atoms with E-state index in [1.54, 1.807) is 25.3 Å². The third-order valence-electron chi connectivity index (χ3n) is 5.70. The largest absolute Gasteiger partial charge is 0.507 e. The summed E-state index contributed by atoms with van der Waals surface area (Å²) in [7, 11) is 1.60. The average Bonchev–Trinajstić information content (AvgIpc) is 3.35. The van der Waals surface area contributed by atoms with Gasteiger partial charge in [-0.15, -0.1) is 0 Å². The Balaban J connectivity index is 1.51. The Bertz CT molecular complexity index is 1340. The standard InChI is InChI=1S/C26H27N5O3/c1-4-31(5-2)19-12-10-18(23(32)14-19)16-27-30-26(33)22-15-21(28-29-22)25-20-9-7-6-8-17(20)11-13-24(25)34-3/h6-16,32H,4-5H2,1-3H3,(H,28,29)(H,30,33).